The van der Waals surface area contributed by atoms with Crippen molar-refractivity contribution in [3.63, 3.8) is 0 Å². The number of para-hydroxylation sites is 1. The number of thioether (sulfide) groups is 1. The van der Waals surface area contributed by atoms with Gasteiger partial charge in [-0.25, -0.2) is 14.8 Å². The Morgan fingerprint density at radius 1 is 1.06 bits per heavy atom. The fraction of sp³-hybridized carbons (Fsp3) is 0.130. The number of amides is 1. The maximum atomic E-state index is 12.7. The van der Waals surface area contributed by atoms with Crippen molar-refractivity contribution < 1.29 is 14.3 Å². The molecule has 0 saturated carbocycles. The molecule has 2 aromatic heterocycles. The van der Waals surface area contributed by atoms with E-state index >= 15 is 0 Å². The zero-order chi connectivity index (χ0) is 21.6. The average molecular weight is 450 g/mol. The number of nitrogens with one attached hydrogen (secondary N) is 1. The number of aromatic nitrogens is 2. The molecule has 0 saturated heterocycles. The summed E-state index contributed by atoms with van der Waals surface area (Å²) >= 11 is 2.64. The maximum Gasteiger partial charge on any atom is 0.341 e. The SMILES string of the molecule is CCOC(=O)c1c(-c2ccccc2)csc1NC(=O)CSc1ncnc2ccccc12. The summed E-state index contributed by atoms with van der Waals surface area (Å²) in [5, 5.41) is 6.86. The Labute approximate surface area is 187 Å². The summed E-state index contributed by atoms with van der Waals surface area (Å²) < 4.78 is 5.24. The Hall–Kier alpha value is -3.23. The van der Waals surface area contributed by atoms with Crippen LogP contribution in [-0.4, -0.2) is 34.2 Å². The lowest BCUT2D eigenvalue weighted by Gasteiger charge is -2.09. The molecule has 1 amide bonds. The van der Waals surface area contributed by atoms with Crippen LogP contribution < -0.4 is 5.32 Å². The molecule has 0 atom stereocenters. The van der Waals surface area contributed by atoms with Crippen LogP contribution >= 0.6 is 23.1 Å². The van der Waals surface area contributed by atoms with E-state index in [-0.39, 0.29) is 18.3 Å². The van der Waals surface area contributed by atoms with Crippen molar-refractivity contribution in [3.8, 4) is 11.1 Å². The molecule has 1 N–H and O–H groups in total. The van der Waals surface area contributed by atoms with E-state index in [1.807, 2.05) is 60.0 Å². The summed E-state index contributed by atoms with van der Waals surface area (Å²) in [4.78, 5) is 33.9. The van der Waals surface area contributed by atoms with Gasteiger partial charge in [-0.1, -0.05) is 60.3 Å². The molecule has 4 aromatic rings. The number of thiophene rings is 1. The van der Waals surface area contributed by atoms with Crippen LogP contribution in [0.2, 0.25) is 0 Å². The van der Waals surface area contributed by atoms with Crippen LogP contribution in [0, 0.1) is 0 Å². The third-order valence-corrected chi connectivity index (χ3v) is 6.36. The van der Waals surface area contributed by atoms with Gasteiger partial charge < -0.3 is 10.1 Å². The third-order valence-electron chi connectivity index (χ3n) is 4.45. The molecule has 0 aliphatic carbocycles. The van der Waals surface area contributed by atoms with E-state index in [0.29, 0.717) is 10.6 Å². The highest BCUT2D eigenvalue weighted by Gasteiger charge is 2.22. The van der Waals surface area contributed by atoms with Crippen LogP contribution in [0.15, 0.2) is 71.3 Å². The number of benzene rings is 2. The first kappa shape index (κ1) is 21.0. The van der Waals surface area contributed by atoms with Gasteiger partial charge in [0.15, 0.2) is 0 Å². The predicted octanol–water partition coefficient (Wildman–Crippen LogP) is 5.27. The molecular formula is C23H19N3O3S2. The first-order chi connectivity index (χ1) is 15.2. The molecule has 0 aliphatic heterocycles. The first-order valence-electron chi connectivity index (χ1n) is 9.63. The lowest BCUT2D eigenvalue weighted by Crippen LogP contribution is -2.16. The second kappa shape index (κ2) is 9.72. The zero-order valence-corrected chi connectivity index (χ0v) is 18.3. The number of carbonyl (C=O) groups is 2. The van der Waals surface area contributed by atoms with Gasteiger partial charge >= 0.3 is 5.97 Å². The molecule has 156 valence electrons. The molecular weight excluding hydrogens is 430 g/mol. The second-order valence-electron chi connectivity index (χ2n) is 6.47. The van der Waals surface area contributed by atoms with Gasteiger partial charge in [0, 0.05) is 16.3 Å². The van der Waals surface area contributed by atoms with Gasteiger partial charge in [-0.05, 0) is 18.6 Å². The fourth-order valence-corrected chi connectivity index (χ4v) is 4.84. The molecule has 0 spiro atoms. The number of fused-ring (bicyclic) bond motifs is 1. The van der Waals surface area contributed by atoms with Gasteiger partial charge in [0.1, 0.15) is 21.9 Å². The quantitative estimate of drug-likeness (QED) is 0.235. The summed E-state index contributed by atoms with van der Waals surface area (Å²) in [6.07, 6.45) is 1.49. The third kappa shape index (κ3) is 4.76. The van der Waals surface area contributed by atoms with Crippen molar-refractivity contribution >= 4 is 50.9 Å². The summed E-state index contributed by atoms with van der Waals surface area (Å²) in [5.74, 6) is -0.519. The van der Waals surface area contributed by atoms with Gasteiger partial charge in [0.2, 0.25) is 5.91 Å². The standard InChI is InChI=1S/C23H19N3O3S2/c1-2-29-23(28)20-17(15-8-4-3-5-9-15)12-30-22(20)26-19(27)13-31-21-16-10-6-7-11-18(16)24-14-25-21/h3-12,14H,2,13H2,1H3,(H,26,27). The number of esters is 1. The summed E-state index contributed by atoms with van der Waals surface area (Å²) in [6.45, 7) is 2.01. The van der Waals surface area contributed by atoms with Crippen LogP contribution in [0.5, 0.6) is 0 Å². The predicted molar refractivity (Wildman–Crippen MR) is 125 cm³/mol. The van der Waals surface area contributed by atoms with Crippen molar-refractivity contribution in [2.24, 2.45) is 0 Å². The fourth-order valence-electron chi connectivity index (χ4n) is 3.08. The molecule has 2 aromatic carbocycles. The molecule has 0 fully saturated rings. The lowest BCUT2D eigenvalue weighted by molar-refractivity contribution is -0.113. The van der Waals surface area contributed by atoms with Gasteiger partial charge in [0.05, 0.1) is 17.9 Å². The lowest BCUT2D eigenvalue weighted by atomic mass is 10.0. The number of anilines is 1. The Bertz CT molecular complexity index is 1220. The summed E-state index contributed by atoms with van der Waals surface area (Å²) in [5.41, 5.74) is 2.84. The van der Waals surface area contributed by atoms with Crippen LogP contribution in [0.25, 0.3) is 22.0 Å². The molecule has 8 heteroatoms. The molecule has 0 radical (unpaired) electrons. The van der Waals surface area contributed by atoms with E-state index in [0.717, 1.165) is 27.1 Å². The molecule has 4 rings (SSSR count). The molecule has 0 aliphatic rings. The van der Waals surface area contributed by atoms with Gasteiger partial charge in [0.25, 0.3) is 0 Å². The minimum Gasteiger partial charge on any atom is -0.462 e. The second-order valence-corrected chi connectivity index (χ2v) is 8.32. The van der Waals surface area contributed by atoms with Crippen molar-refractivity contribution in [2.45, 2.75) is 11.9 Å². The van der Waals surface area contributed by atoms with E-state index in [2.05, 4.69) is 15.3 Å². The van der Waals surface area contributed by atoms with Crippen LogP contribution in [0.3, 0.4) is 0 Å². The van der Waals surface area contributed by atoms with Crippen LogP contribution in [0.4, 0.5) is 5.00 Å². The van der Waals surface area contributed by atoms with Crippen molar-refractivity contribution in [1.29, 1.82) is 0 Å². The number of hydrogen-bond acceptors (Lipinski definition) is 7. The summed E-state index contributed by atoms with van der Waals surface area (Å²) in [6, 6.07) is 17.2. The Kier molecular flexibility index (Phi) is 6.59. The Morgan fingerprint density at radius 3 is 2.65 bits per heavy atom. The Morgan fingerprint density at radius 2 is 1.84 bits per heavy atom. The molecule has 6 nitrogen and oxygen atoms in total. The minimum atomic E-state index is -0.452. The minimum absolute atomic E-state index is 0.155. The smallest absolute Gasteiger partial charge is 0.341 e. The Balaban J connectivity index is 1.54. The highest BCUT2D eigenvalue weighted by Crippen LogP contribution is 2.36. The number of ether oxygens (including phenoxy) is 1. The number of hydrogen-bond donors (Lipinski definition) is 1. The maximum absolute atomic E-state index is 12.7. The van der Waals surface area contributed by atoms with Gasteiger partial charge in [-0.3, -0.25) is 4.79 Å². The zero-order valence-electron chi connectivity index (χ0n) is 16.7. The van der Waals surface area contributed by atoms with Crippen molar-refractivity contribution in [3.05, 3.63) is 71.9 Å². The van der Waals surface area contributed by atoms with Gasteiger partial charge in [-0.2, -0.15) is 0 Å². The monoisotopic (exact) mass is 449 g/mol. The van der Waals surface area contributed by atoms with E-state index < -0.39 is 5.97 Å². The largest absolute Gasteiger partial charge is 0.462 e. The normalized spacial score (nSPS) is 10.7. The summed E-state index contributed by atoms with van der Waals surface area (Å²) in [7, 11) is 0. The highest BCUT2D eigenvalue weighted by molar-refractivity contribution is 8.00. The van der Waals surface area contributed by atoms with Crippen molar-refractivity contribution in [2.75, 3.05) is 17.7 Å². The average Bonchev–Trinajstić information content (AvgIpc) is 3.22. The molecule has 0 unspecified atom stereocenters. The topological polar surface area (TPSA) is 81.2 Å². The molecule has 0 bridgehead atoms. The number of rotatable bonds is 7. The number of carbonyl (C=O) groups excluding carboxylic acids is 2. The molecule has 31 heavy (non-hydrogen) atoms. The highest BCUT2D eigenvalue weighted by atomic mass is 32.2. The van der Waals surface area contributed by atoms with E-state index in [1.165, 1.54) is 29.4 Å². The van der Waals surface area contributed by atoms with Crippen LogP contribution in [-0.2, 0) is 9.53 Å². The number of nitrogens with zero attached hydrogens (tertiary/aromatic N) is 2. The van der Waals surface area contributed by atoms with Crippen LogP contribution in [0.1, 0.15) is 17.3 Å². The van der Waals surface area contributed by atoms with Gasteiger partial charge in [-0.15, -0.1) is 11.3 Å². The van der Waals surface area contributed by atoms with E-state index in [4.69, 9.17) is 4.74 Å². The van der Waals surface area contributed by atoms with E-state index in [1.54, 1.807) is 6.92 Å². The first-order valence-corrected chi connectivity index (χ1v) is 11.5. The molecule has 2 heterocycles. The van der Waals surface area contributed by atoms with Crippen molar-refractivity contribution in [1.82, 2.24) is 9.97 Å². The van der Waals surface area contributed by atoms with E-state index in [9.17, 15) is 9.59 Å².